The Hall–Kier alpha value is -2.21. The molecule has 1 heterocycles. The summed E-state index contributed by atoms with van der Waals surface area (Å²) in [6, 6.07) is 10.1. The molecule has 0 aliphatic heterocycles. The zero-order valence-corrected chi connectivity index (χ0v) is 15.6. The van der Waals surface area contributed by atoms with E-state index in [0.717, 1.165) is 18.4 Å². The molecule has 1 aromatic carbocycles. The van der Waals surface area contributed by atoms with Gasteiger partial charge in [0.1, 0.15) is 0 Å². The first-order chi connectivity index (χ1) is 12.7. The normalized spacial score (nSPS) is 15.9. The van der Waals surface area contributed by atoms with E-state index in [4.69, 9.17) is 9.26 Å². The molecule has 6 nitrogen and oxygen atoms in total. The molecular formula is C20H27N3O3. The first-order valence-electron chi connectivity index (χ1n) is 9.29. The molecule has 0 bridgehead atoms. The molecule has 1 amide bonds. The van der Waals surface area contributed by atoms with Crippen molar-refractivity contribution in [1.29, 1.82) is 0 Å². The molecule has 1 saturated carbocycles. The number of ether oxygens (including phenoxy) is 1. The van der Waals surface area contributed by atoms with Crippen LogP contribution in [0.4, 0.5) is 0 Å². The van der Waals surface area contributed by atoms with Crippen molar-refractivity contribution in [3.8, 4) is 0 Å². The van der Waals surface area contributed by atoms with Gasteiger partial charge in [-0.1, -0.05) is 48.3 Å². The van der Waals surface area contributed by atoms with E-state index in [1.54, 1.807) is 12.0 Å². The number of amides is 1. The molecule has 1 fully saturated rings. The molecule has 0 unspecified atom stereocenters. The second-order valence-corrected chi connectivity index (χ2v) is 6.97. The summed E-state index contributed by atoms with van der Waals surface area (Å²) in [6.45, 7) is 0.875. The highest BCUT2D eigenvalue weighted by Crippen LogP contribution is 2.38. The number of hydrogen-bond donors (Lipinski definition) is 0. The first kappa shape index (κ1) is 18.6. The zero-order valence-electron chi connectivity index (χ0n) is 15.6. The summed E-state index contributed by atoms with van der Waals surface area (Å²) < 4.78 is 10.3. The molecule has 0 spiro atoms. The highest BCUT2D eigenvalue weighted by Gasteiger charge is 2.34. The summed E-state index contributed by atoms with van der Waals surface area (Å²) in [5.74, 6) is 1.51. The minimum absolute atomic E-state index is 0.0976. The maximum absolute atomic E-state index is 13.2. The van der Waals surface area contributed by atoms with Gasteiger partial charge in [0, 0.05) is 20.6 Å². The van der Waals surface area contributed by atoms with Gasteiger partial charge in [-0.25, -0.2) is 0 Å². The topological polar surface area (TPSA) is 68.5 Å². The second-order valence-electron chi connectivity index (χ2n) is 6.97. The van der Waals surface area contributed by atoms with E-state index in [1.165, 1.54) is 12.8 Å². The summed E-state index contributed by atoms with van der Waals surface area (Å²) >= 11 is 0. The number of rotatable bonds is 8. The van der Waals surface area contributed by atoms with Gasteiger partial charge in [0.05, 0.1) is 19.1 Å². The molecule has 140 valence electrons. The van der Waals surface area contributed by atoms with Crippen LogP contribution in [-0.4, -0.2) is 41.7 Å². The van der Waals surface area contributed by atoms with Gasteiger partial charge in [-0.15, -0.1) is 0 Å². The third-order valence-corrected chi connectivity index (χ3v) is 5.08. The van der Waals surface area contributed by atoms with E-state index >= 15 is 0 Å². The van der Waals surface area contributed by atoms with Crippen LogP contribution in [0.15, 0.2) is 34.9 Å². The van der Waals surface area contributed by atoms with Crippen molar-refractivity contribution in [3.05, 3.63) is 47.6 Å². The van der Waals surface area contributed by atoms with Gasteiger partial charge in [0.15, 0.2) is 5.82 Å². The molecule has 6 heteroatoms. The highest BCUT2D eigenvalue weighted by atomic mass is 16.5. The number of aromatic nitrogens is 2. The van der Waals surface area contributed by atoms with Crippen LogP contribution in [0.1, 0.15) is 48.9 Å². The van der Waals surface area contributed by atoms with Crippen molar-refractivity contribution in [2.24, 2.45) is 5.92 Å². The predicted molar refractivity (Wildman–Crippen MR) is 97.5 cm³/mol. The van der Waals surface area contributed by atoms with Gasteiger partial charge < -0.3 is 14.2 Å². The van der Waals surface area contributed by atoms with Crippen LogP contribution in [-0.2, 0) is 22.5 Å². The molecule has 0 saturated heterocycles. The maximum atomic E-state index is 13.2. The lowest BCUT2D eigenvalue weighted by molar-refractivity contribution is -0.133. The molecule has 3 rings (SSSR count). The maximum Gasteiger partial charge on any atom is 0.246 e. The van der Waals surface area contributed by atoms with Crippen LogP contribution in [0.3, 0.4) is 0 Å². The SMILES string of the molecule is COCCc1noc(CN(C)C(=O)[C@H](c2ccccc2)C2CCCC2)n1. The standard InChI is InChI=1S/C20H27N3O3/c1-23(14-18-21-17(22-26-18)12-13-25-2)20(24)19(16-10-6-7-11-16)15-8-4-3-5-9-15/h3-5,8-9,16,19H,6-7,10-14H2,1-2H3/t19-/m1/s1. The van der Waals surface area contributed by atoms with Gasteiger partial charge in [0.25, 0.3) is 0 Å². The average Bonchev–Trinajstić information content (AvgIpc) is 3.33. The summed E-state index contributed by atoms with van der Waals surface area (Å²) in [4.78, 5) is 19.3. The fraction of sp³-hybridized carbons (Fsp3) is 0.550. The van der Waals surface area contributed by atoms with Gasteiger partial charge in [-0.05, 0) is 24.3 Å². The van der Waals surface area contributed by atoms with Crippen LogP contribution in [0, 0.1) is 5.92 Å². The number of carbonyl (C=O) groups excluding carboxylic acids is 1. The Labute approximate surface area is 154 Å². The quantitative estimate of drug-likeness (QED) is 0.726. The first-order valence-corrected chi connectivity index (χ1v) is 9.29. The Morgan fingerprint density at radius 1 is 1.31 bits per heavy atom. The van der Waals surface area contributed by atoms with Crippen molar-refractivity contribution < 1.29 is 14.1 Å². The molecule has 1 atom stereocenters. The third-order valence-electron chi connectivity index (χ3n) is 5.08. The van der Waals surface area contributed by atoms with Crippen molar-refractivity contribution >= 4 is 5.91 Å². The van der Waals surface area contributed by atoms with E-state index in [2.05, 4.69) is 22.3 Å². The Kier molecular flexibility index (Phi) is 6.39. The van der Waals surface area contributed by atoms with E-state index in [-0.39, 0.29) is 11.8 Å². The number of benzene rings is 1. The molecule has 1 aliphatic carbocycles. The fourth-order valence-corrected chi connectivity index (χ4v) is 3.73. The van der Waals surface area contributed by atoms with E-state index < -0.39 is 0 Å². The van der Waals surface area contributed by atoms with Crippen molar-refractivity contribution in [3.63, 3.8) is 0 Å². The average molecular weight is 357 g/mol. The zero-order chi connectivity index (χ0) is 18.4. The molecule has 1 aromatic heterocycles. The lowest BCUT2D eigenvalue weighted by atomic mass is 9.84. The lowest BCUT2D eigenvalue weighted by Crippen LogP contribution is -2.34. The minimum atomic E-state index is -0.0976. The van der Waals surface area contributed by atoms with E-state index in [0.29, 0.717) is 37.2 Å². The van der Waals surface area contributed by atoms with Crippen LogP contribution in [0.2, 0.25) is 0 Å². The third kappa shape index (κ3) is 4.49. The summed E-state index contributed by atoms with van der Waals surface area (Å²) in [5.41, 5.74) is 1.10. The highest BCUT2D eigenvalue weighted by molar-refractivity contribution is 5.83. The van der Waals surface area contributed by atoms with E-state index in [1.807, 2.05) is 25.2 Å². The van der Waals surface area contributed by atoms with Crippen LogP contribution >= 0.6 is 0 Å². The van der Waals surface area contributed by atoms with Crippen molar-refractivity contribution in [1.82, 2.24) is 15.0 Å². The van der Waals surface area contributed by atoms with Gasteiger partial charge in [-0.2, -0.15) is 4.98 Å². The van der Waals surface area contributed by atoms with Gasteiger partial charge >= 0.3 is 0 Å². The summed E-state index contributed by atoms with van der Waals surface area (Å²) in [5, 5.41) is 3.94. The number of carbonyl (C=O) groups is 1. The molecule has 1 aliphatic rings. The van der Waals surface area contributed by atoms with E-state index in [9.17, 15) is 4.79 Å². The molecule has 2 aromatic rings. The summed E-state index contributed by atoms with van der Waals surface area (Å²) in [7, 11) is 3.45. The van der Waals surface area contributed by atoms with Crippen molar-refractivity contribution in [2.45, 2.75) is 44.6 Å². The lowest BCUT2D eigenvalue weighted by Gasteiger charge is -2.27. The molecule has 0 N–H and O–H groups in total. The number of methoxy groups -OCH3 is 1. The number of likely N-dealkylation sites (N-methyl/N-ethyl adjacent to an activating group) is 1. The van der Waals surface area contributed by atoms with Crippen LogP contribution in [0.25, 0.3) is 0 Å². The van der Waals surface area contributed by atoms with Crippen LogP contribution < -0.4 is 0 Å². The molecule has 26 heavy (non-hydrogen) atoms. The Balaban J connectivity index is 1.70. The Morgan fingerprint density at radius 2 is 2.04 bits per heavy atom. The Bertz CT molecular complexity index is 695. The predicted octanol–water partition coefficient (Wildman–Crippen LogP) is 3.19. The van der Waals surface area contributed by atoms with Crippen LogP contribution in [0.5, 0.6) is 0 Å². The summed E-state index contributed by atoms with van der Waals surface area (Å²) in [6.07, 6.45) is 5.24. The number of nitrogens with zero attached hydrogens (tertiary/aromatic N) is 3. The number of hydrogen-bond acceptors (Lipinski definition) is 5. The Morgan fingerprint density at radius 3 is 2.73 bits per heavy atom. The minimum Gasteiger partial charge on any atom is -0.384 e. The monoisotopic (exact) mass is 357 g/mol. The van der Waals surface area contributed by atoms with Gasteiger partial charge in [0.2, 0.25) is 11.8 Å². The molecule has 0 radical (unpaired) electrons. The van der Waals surface area contributed by atoms with Gasteiger partial charge in [-0.3, -0.25) is 4.79 Å². The smallest absolute Gasteiger partial charge is 0.246 e. The fourth-order valence-electron chi connectivity index (χ4n) is 3.73. The largest absolute Gasteiger partial charge is 0.384 e. The molecular weight excluding hydrogens is 330 g/mol. The van der Waals surface area contributed by atoms with Crippen molar-refractivity contribution in [2.75, 3.05) is 20.8 Å². The second kappa shape index (κ2) is 8.94.